The van der Waals surface area contributed by atoms with Crippen LogP contribution in [-0.2, 0) is 6.42 Å². The molecule has 0 radical (unpaired) electrons. The Kier molecular flexibility index (Phi) is 3.53. The number of benzene rings is 1. The minimum atomic E-state index is -0.514. The van der Waals surface area contributed by atoms with Crippen LogP contribution in [0.3, 0.4) is 0 Å². The van der Waals surface area contributed by atoms with Gasteiger partial charge in [-0.3, -0.25) is 0 Å². The monoisotopic (exact) mass is 325 g/mol. The molecule has 0 saturated carbocycles. The first-order valence-corrected chi connectivity index (χ1v) is 8.22. The maximum Gasteiger partial charge on any atom is 0.160 e. The number of fused-ring (bicyclic) bond motifs is 2. The number of aliphatic hydroxyl groups excluding tert-OH is 1. The van der Waals surface area contributed by atoms with E-state index >= 15 is 0 Å². The standard InChI is InChI=1S/C19H20FN3O/c1-11-12(2)23-9-3-4-16(19(23)21-11)22-18-15-7-6-14(20)10-13(15)5-8-17(18)24/h3-4,6-7,9-10,17-18,22,24H,5,8H2,1-2H3. The van der Waals surface area contributed by atoms with E-state index in [9.17, 15) is 9.50 Å². The number of hydrogen-bond acceptors (Lipinski definition) is 3. The molecule has 0 spiro atoms. The highest BCUT2D eigenvalue weighted by atomic mass is 19.1. The number of anilines is 1. The fraction of sp³-hybridized carbons (Fsp3) is 0.316. The number of rotatable bonds is 2. The number of halogens is 1. The molecule has 2 unspecified atom stereocenters. The van der Waals surface area contributed by atoms with Crippen molar-refractivity contribution in [1.82, 2.24) is 9.38 Å². The van der Waals surface area contributed by atoms with Gasteiger partial charge in [0.2, 0.25) is 0 Å². The van der Waals surface area contributed by atoms with Crippen molar-refractivity contribution in [2.45, 2.75) is 38.8 Å². The van der Waals surface area contributed by atoms with Crippen LogP contribution >= 0.6 is 0 Å². The van der Waals surface area contributed by atoms with Gasteiger partial charge >= 0.3 is 0 Å². The lowest BCUT2D eigenvalue weighted by molar-refractivity contribution is 0.135. The van der Waals surface area contributed by atoms with Crippen LogP contribution in [0.5, 0.6) is 0 Å². The summed E-state index contributed by atoms with van der Waals surface area (Å²) in [5.41, 5.74) is 5.71. The van der Waals surface area contributed by atoms with Gasteiger partial charge < -0.3 is 14.8 Å². The van der Waals surface area contributed by atoms with E-state index in [0.29, 0.717) is 12.8 Å². The van der Waals surface area contributed by atoms with Crippen molar-refractivity contribution in [3.05, 3.63) is 64.9 Å². The zero-order valence-electron chi connectivity index (χ0n) is 13.8. The van der Waals surface area contributed by atoms with E-state index in [2.05, 4.69) is 10.3 Å². The summed E-state index contributed by atoms with van der Waals surface area (Å²) in [4.78, 5) is 4.63. The Morgan fingerprint density at radius 2 is 2.12 bits per heavy atom. The Bertz CT molecular complexity index is 918. The third-order valence-electron chi connectivity index (χ3n) is 4.97. The molecule has 2 heterocycles. The van der Waals surface area contributed by atoms with Crippen molar-refractivity contribution in [1.29, 1.82) is 0 Å². The summed E-state index contributed by atoms with van der Waals surface area (Å²) in [6.07, 6.45) is 2.78. The highest BCUT2D eigenvalue weighted by Gasteiger charge is 2.29. The van der Waals surface area contributed by atoms with E-state index in [4.69, 9.17) is 0 Å². The van der Waals surface area contributed by atoms with Crippen LogP contribution in [0.25, 0.3) is 5.65 Å². The minimum Gasteiger partial charge on any atom is -0.391 e. The SMILES string of the molecule is Cc1nc2c(NC3c4ccc(F)cc4CCC3O)cccn2c1C. The molecule has 2 atom stereocenters. The molecule has 1 aliphatic rings. The number of hydrogen-bond donors (Lipinski definition) is 2. The second kappa shape index (κ2) is 5.60. The Morgan fingerprint density at radius 1 is 1.29 bits per heavy atom. The van der Waals surface area contributed by atoms with E-state index in [0.717, 1.165) is 33.8 Å². The Hall–Kier alpha value is -2.40. The molecule has 24 heavy (non-hydrogen) atoms. The summed E-state index contributed by atoms with van der Waals surface area (Å²) in [5, 5.41) is 13.9. The average molecular weight is 325 g/mol. The maximum atomic E-state index is 13.5. The summed E-state index contributed by atoms with van der Waals surface area (Å²) < 4.78 is 15.5. The molecule has 4 nitrogen and oxygen atoms in total. The Morgan fingerprint density at radius 3 is 2.96 bits per heavy atom. The zero-order chi connectivity index (χ0) is 16.8. The molecular formula is C19H20FN3O. The number of aliphatic hydroxyl groups is 1. The van der Waals surface area contributed by atoms with Crippen LogP contribution in [0, 0.1) is 19.7 Å². The lowest BCUT2D eigenvalue weighted by Gasteiger charge is -2.31. The maximum absolute atomic E-state index is 13.5. The van der Waals surface area contributed by atoms with Crippen molar-refractivity contribution in [3.63, 3.8) is 0 Å². The van der Waals surface area contributed by atoms with Gasteiger partial charge in [0.25, 0.3) is 0 Å². The first-order chi connectivity index (χ1) is 11.5. The molecule has 0 bridgehead atoms. The number of imidazole rings is 1. The van der Waals surface area contributed by atoms with E-state index in [1.807, 2.05) is 36.6 Å². The largest absolute Gasteiger partial charge is 0.391 e. The third kappa shape index (κ3) is 2.36. The fourth-order valence-electron chi connectivity index (χ4n) is 3.52. The van der Waals surface area contributed by atoms with Gasteiger partial charge in [0, 0.05) is 11.9 Å². The van der Waals surface area contributed by atoms with Gasteiger partial charge in [-0.05, 0) is 62.1 Å². The summed E-state index contributed by atoms with van der Waals surface area (Å²) in [6.45, 7) is 4.02. The van der Waals surface area contributed by atoms with Crippen molar-refractivity contribution >= 4 is 11.3 Å². The van der Waals surface area contributed by atoms with Crippen molar-refractivity contribution < 1.29 is 9.50 Å². The molecular weight excluding hydrogens is 305 g/mol. The minimum absolute atomic E-state index is 0.231. The molecule has 1 aliphatic carbocycles. The molecule has 4 rings (SSSR count). The van der Waals surface area contributed by atoms with Crippen molar-refractivity contribution in [2.75, 3.05) is 5.32 Å². The number of aromatic nitrogens is 2. The summed E-state index contributed by atoms with van der Waals surface area (Å²) in [6, 6.07) is 8.46. The first kappa shape index (κ1) is 15.1. The number of pyridine rings is 1. The van der Waals surface area contributed by atoms with E-state index in [1.165, 1.54) is 6.07 Å². The smallest absolute Gasteiger partial charge is 0.160 e. The number of aryl methyl sites for hydroxylation is 3. The van der Waals surface area contributed by atoms with E-state index in [1.54, 1.807) is 12.1 Å². The topological polar surface area (TPSA) is 49.6 Å². The van der Waals surface area contributed by atoms with Crippen molar-refractivity contribution in [3.8, 4) is 0 Å². The predicted octanol–water partition coefficient (Wildman–Crippen LogP) is 3.55. The quantitative estimate of drug-likeness (QED) is 0.757. The summed E-state index contributed by atoms with van der Waals surface area (Å²) in [7, 11) is 0. The van der Waals surface area contributed by atoms with Crippen LogP contribution in [0.15, 0.2) is 36.5 Å². The Balaban J connectivity index is 1.77. The molecule has 124 valence electrons. The van der Waals surface area contributed by atoms with Gasteiger partial charge in [-0.1, -0.05) is 6.07 Å². The molecule has 0 fully saturated rings. The van der Waals surface area contributed by atoms with Gasteiger partial charge in [0.05, 0.1) is 23.5 Å². The highest BCUT2D eigenvalue weighted by molar-refractivity contribution is 5.69. The normalized spacial score (nSPS) is 20.2. The predicted molar refractivity (Wildman–Crippen MR) is 91.8 cm³/mol. The van der Waals surface area contributed by atoms with Gasteiger partial charge in [-0.15, -0.1) is 0 Å². The molecule has 3 aromatic rings. The van der Waals surface area contributed by atoms with Crippen LogP contribution in [0.2, 0.25) is 0 Å². The molecule has 2 N–H and O–H groups in total. The highest BCUT2D eigenvalue weighted by Crippen LogP contribution is 2.34. The van der Waals surface area contributed by atoms with Crippen LogP contribution in [0.1, 0.15) is 35.0 Å². The lowest BCUT2D eigenvalue weighted by Crippen LogP contribution is -2.31. The molecule has 0 saturated heterocycles. The second-order valence-electron chi connectivity index (χ2n) is 6.47. The molecule has 0 amide bonds. The molecule has 1 aromatic carbocycles. The summed E-state index contributed by atoms with van der Waals surface area (Å²) in [5.74, 6) is -0.231. The molecule has 0 aliphatic heterocycles. The number of nitrogens with zero attached hydrogens (tertiary/aromatic N) is 2. The van der Waals surface area contributed by atoms with Gasteiger partial charge in [-0.25, -0.2) is 9.37 Å². The van der Waals surface area contributed by atoms with Crippen LogP contribution < -0.4 is 5.32 Å². The van der Waals surface area contributed by atoms with Crippen LogP contribution in [-0.4, -0.2) is 20.6 Å². The van der Waals surface area contributed by atoms with Crippen LogP contribution in [0.4, 0.5) is 10.1 Å². The van der Waals surface area contributed by atoms with Gasteiger partial charge in [0.1, 0.15) is 5.82 Å². The average Bonchev–Trinajstić information content (AvgIpc) is 2.86. The van der Waals surface area contributed by atoms with E-state index in [-0.39, 0.29) is 11.9 Å². The Labute approximate surface area is 140 Å². The van der Waals surface area contributed by atoms with E-state index < -0.39 is 6.10 Å². The van der Waals surface area contributed by atoms with Gasteiger partial charge in [0.15, 0.2) is 5.65 Å². The fourth-order valence-corrected chi connectivity index (χ4v) is 3.52. The number of nitrogens with one attached hydrogen (secondary N) is 1. The second-order valence-corrected chi connectivity index (χ2v) is 6.47. The van der Waals surface area contributed by atoms with Gasteiger partial charge in [-0.2, -0.15) is 0 Å². The zero-order valence-corrected chi connectivity index (χ0v) is 13.8. The molecule has 5 heteroatoms. The van der Waals surface area contributed by atoms with Crippen molar-refractivity contribution in [2.24, 2.45) is 0 Å². The first-order valence-electron chi connectivity index (χ1n) is 8.22. The summed E-state index contributed by atoms with van der Waals surface area (Å²) >= 11 is 0. The third-order valence-corrected chi connectivity index (χ3v) is 4.97. The molecule has 2 aromatic heterocycles. The lowest BCUT2D eigenvalue weighted by atomic mass is 9.85.